The van der Waals surface area contributed by atoms with Crippen molar-refractivity contribution in [2.45, 2.75) is 12.0 Å². The highest BCUT2D eigenvalue weighted by molar-refractivity contribution is 6.46. The molecule has 0 saturated carbocycles. The first-order valence-electron chi connectivity index (χ1n) is 8.30. The first kappa shape index (κ1) is 15.3. The fourth-order valence-corrected chi connectivity index (χ4v) is 3.52. The Morgan fingerprint density at radius 3 is 1.64 bits per heavy atom. The zero-order valence-corrected chi connectivity index (χ0v) is 13.6. The van der Waals surface area contributed by atoms with E-state index in [4.69, 9.17) is 0 Å². The molecule has 1 heterocycles. The largest absolute Gasteiger partial charge is 0.297 e. The van der Waals surface area contributed by atoms with E-state index in [0.717, 1.165) is 16.8 Å². The van der Waals surface area contributed by atoms with E-state index < -0.39 is 11.8 Å². The normalized spacial score (nSPS) is 20.1. The van der Waals surface area contributed by atoms with E-state index in [-0.39, 0.29) is 11.8 Å². The second-order valence-corrected chi connectivity index (χ2v) is 6.12. The summed E-state index contributed by atoms with van der Waals surface area (Å²) in [5.41, 5.74) is 2.57. The molecule has 0 radical (unpaired) electrons. The molecule has 3 nitrogen and oxygen atoms in total. The lowest BCUT2D eigenvalue weighted by Gasteiger charge is -2.28. The molecule has 3 heteroatoms. The molecule has 0 N–H and O–H groups in total. The van der Waals surface area contributed by atoms with Gasteiger partial charge in [-0.05, 0) is 23.3 Å². The molecule has 0 spiro atoms. The fraction of sp³-hybridized carbons (Fsp3) is 0.0909. The van der Waals surface area contributed by atoms with Gasteiger partial charge in [0.05, 0.1) is 12.0 Å². The van der Waals surface area contributed by atoms with Crippen LogP contribution in [0.15, 0.2) is 91.0 Å². The van der Waals surface area contributed by atoms with Crippen molar-refractivity contribution in [2.24, 2.45) is 0 Å². The van der Waals surface area contributed by atoms with E-state index in [9.17, 15) is 9.59 Å². The predicted molar refractivity (Wildman–Crippen MR) is 97.3 cm³/mol. The number of rotatable bonds is 3. The number of para-hydroxylation sites is 1. The number of anilines is 1. The molecule has 0 bridgehead atoms. The summed E-state index contributed by atoms with van der Waals surface area (Å²) in [6.45, 7) is 0. The van der Waals surface area contributed by atoms with Crippen molar-refractivity contribution in [3.05, 3.63) is 102 Å². The number of amides is 1. The van der Waals surface area contributed by atoms with Crippen LogP contribution in [0.4, 0.5) is 5.69 Å². The van der Waals surface area contributed by atoms with Crippen molar-refractivity contribution in [1.82, 2.24) is 0 Å². The Hall–Kier alpha value is -3.20. The third-order valence-corrected chi connectivity index (χ3v) is 4.64. The molecular weight excluding hydrogens is 310 g/mol. The average Bonchev–Trinajstić information content (AvgIpc) is 2.95. The summed E-state index contributed by atoms with van der Waals surface area (Å²) in [6, 6.07) is 28.4. The topological polar surface area (TPSA) is 37.4 Å². The van der Waals surface area contributed by atoms with E-state index in [1.807, 2.05) is 91.0 Å². The minimum Gasteiger partial charge on any atom is -0.297 e. The van der Waals surface area contributed by atoms with Gasteiger partial charge in [0, 0.05) is 5.69 Å². The van der Waals surface area contributed by atoms with Crippen molar-refractivity contribution in [3.63, 3.8) is 0 Å². The number of nitrogens with zero attached hydrogens (tertiary/aromatic N) is 1. The molecule has 0 aromatic heterocycles. The molecule has 1 saturated heterocycles. The van der Waals surface area contributed by atoms with Gasteiger partial charge in [0.25, 0.3) is 5.91 Å². The third kappa shape index (κ3) is 2.64. The van der Waals surface area contributed by atoms with Crippen LogP contribution in [0, 0.1) is 0 Å². The van der Waals surface area contributed by atoms with Gasteiger partial charge in [-0.2, -0.15) is 0 Å². The van der Waals surface area contributed by atoms with Crippen molar-refractivity contribution in [1.29, 1.82) is 0 Å². The van der Waals surface area contributed by atoms with Crippen LogP contribution in [0.3, 0.4) is 0 Å². The van der Waals surface area contributed by atoms with Crippen molar-refractivity contribution in [2.75, 3.05) is 4.90 Å². The molecular formula is C22H17NO2. The maximum Gasteiger partial charge on any atom is 0.295 e. The van der Waals surface area contributed by atoms with Crippen LogP contribution >= 0.6 is 0 Å². The maximum absolute atomic E-state index is 12.9. The smallest absolute Gasteiger partial charge is 0.295 e. The van der Waals surface area contributed by atoms with E-state index in [2.05, 4.69) is 0 Å². The summed E-state index contributed by atoms with van der Waals surface area (Å²) in [5, 5.41) is 0. The van der Waals surface area contributed by atoms with E-state index in [1.54, 1.807) is 4.90 Å². The van der Waals surface area contributed by atoms with Crippen molar-refractivity contribution in [3.8, 4) is 0 Å². The molecule has 3 aromatic carbocycles. The summed E-state index contributed by atoms with van der Waals surface area (Å²) >= 11 is 0. The van der Waals surface area contributed by atoms with Crippen LogP contribution < -0.4 is 4.90 Å². The van der Waals surface area contributed by atoms with E-state index >= 15 is 0 Å². The van der Waals surface area contributed by atoms with Gasteiger partial charge in [0.1, 0.15) is 0 Å². The molecule has 1 amide bonds. The standard InChI is InChI=1S/C22H17NO2/c24-21-19(16-10-4-1-5-11-16)20(17-12-6-2-7-13-17)23(22(21)25)18-14-8-3-9-15-18/h1-15,19-20H/t19-,20-/m0/s1. The molecule has 4 rings (SSSR count). The Balaban J connectivity index is 1.89. The second-order valence-electron chi connectivity index (χ2n) is 6.12. The Kier molecular flexibility index (Phi) is 3.90. The minimum atomic E-state index is -0.503. The molecule has 1 aliphatic rings. The van der Waals surface area contributed by atoms with Gasteiger partial charge in [0.15, 0.2) is 0 Å². The highest BCUT2D eigenvalue weighted by Crippen LogP contribution is 2.44. The Bertz CT molecular complexity index is 834. The SMILES string of the molecule is O=C1C(=O)N(c2ccccc2)[C@@H](c2ccccc2)[C@@H]1c1ccccc1. The van der Waals surface area contributed by atoms with Crippen LogP contribution in [0.5, 0.6) is 0 Å². The first-order valence-corrected chi connectivity index (χ1v) is 8.30. The van der Waals surface area contributed by atoms with Crippen LogP contribution in [-0.4, -0.2) is 11.7 Å². The Labute approximate surface area is 146 Å². The van der Waals surface area contributed by atoms with Crippen LogP contribution in [0.25, 0.3) is 0 Å². The molecule has 1 aliphatic heterocycles. The van der Waals surface area contributed by atoms with E-state index in [0.29, 0.717) is 0 Å². The summed E-state index contributed by atoms with van der Waals surface area (Å²) in [4.78, 5) is 27.4. The van der Waals surface area contributed by atoms with Gasteiger partial charge < -0.3 is 0 Å². The van der Waals surface area contributed by atoms with Gasteiger partial charge >= 0.3 is 0 Å². The highest BCUT2D eigenvalue weighted by Gasteiger charge is 2.49. The fourth-order valence-electron chi connectivity index (χ4n) is 3.52. The van der Waals surface area contributed by atoms with Crippen LogP contribution in [0.1, 0.15) is 23.1 Å². The van der Waals surface area contributed by atoms with Crippen molar-refractivity contribution >= 4 is 17.4 Å². The lowest BCUT2D eigenvalue weighted by molar-refractivity contribution is -0.134. The molecule has 2 atom stereocenters. The lowest BCUT2D eigenvalue weighted by atomic mass is 9.87. The minimum absolute atomic E-state index is 0.342. The summed E-state index contributed by atoms with van der Waals surface area (Å²) in [5.74, 6) is -1.31. The Morgan fingerprint density at radius 1 is 0.600 bits per heavy atom. The number of hydrogen-bond donors (Lipinski definition) is 0. The molecule has 0 aliphatic carbocycles. The number of carbonyl (C=O) groups excluding carboxylic acids is 2. The number of benzene rings is 3. The highest BCUT2D eigenvalue weighted by atomic mass is 16.2. The molecule has 3 aromatic rings. The molecule has 1 fully saturated rings. The summed E-state index contributed by atoms with van der Waals surface area (Å²) in [7, 11) is 0. The zero-order chi connectivity index (χ0) is 17.2. The summed E-state index contributed by atoms with van der Waals surface area (Å²) in [6.07, 6.45) is 0. The maximum atomic E-state index is 12.9. The lowest BCUT2D eigenvalue weighted by Crippen LogP contribution is -2.29. The van der Waals surface area contributed by atoms with Gasteiger partial charge in [-0.15, -0.1) is 0 Å². The average molecular weight is 327 g/mol. The van der Waals surface area contributed by atoms with Gasteiger partial charge in [-0.3, -0.25) is 14.5 Å². The first-order chi connectivity index (χ1) is 12.3. The van der Waals surface area contributed by atoms with Gasteiger partial charge in [0.2, 0.25) is 5.78 Å². The molecule has 0 unspecified atom stereocenters. The zero-order valence-electron chi connectivity index (χ0n) is 13.6. The quantitative estimate of drug-likeness (QED) is 0.678. The number of ketones is 1. The van der Waals surface area contributed by atoms with Crippen molar-refractivity contribution < 1.29 is 9.59 Å². The number of Topliss-reactive ketones (excluding diaryl/α,β-unsaturated/α-hetero) is 1. The van der Waals surface area contributed by atoms with E-state index in [1.165, 1.54) is 0 Å². The molecule has 25 heavy (non-hydrogen) atoms. The number of carbonyl (C=O) groups is 2. The molecule has 122 valence electrons. The van der Waals surface area contributed by atoms with Gasteiger partial charge in [-0.25, -0.2) is 0 Å². The Morgan fingerprint density at radius 2 is 1.08 bits per heavy atom. The van der Waals surface area contributed by atoms with Gasteiger partial charge in [-0.1, -0.05) is 78.9 Å². The predicted octanol–water partition coefficient (Wildman–Crippen LogP) is 4.13. The van der Waals surface area contributed by atoms with Crippen LogP contribution in [0.2, 0.25) is 0 Å². The monoisotopic (exact) mass is 327 g/mol. The number of hydrogen-bond acceptors (Lipinski definition) is 2. The summed E-state index contributed by atoms with van der Waals surface area (Å²) < 4.78 is 0. The second kappa shape index (κ2) is 6.36. The van der Waals surface area contributed by atoms with Crippen LogP contribution in [-0.2, 0) is 9.59 Å². The third-order valence-electron chi connectivity index (χ3n) is 4.64.